The predicted octanol–water partition coefficient (Wildman–Crippen LogP) is 5.28. The first-order chi connectivity index (χ1) is 15.2. The number of hydrogen-bond acceptors (Lipinski definition) is 5. The molecule has 0 N–H and O–H groups in total. The van der Waals surface area contributed by atoms with E-state index in [-0.39, 0.29) is 5.69 Å². The number of pyridine rings is 1. The maximum absolute atomic E-state index is 10.8. The number of benzene rings is 3. The van der Waals surface area contributed by atoms with E-state index in [1.54, 1.807) is 12.1 Å². The summed E-state index contributed by atoms with van der Waals surface area (Å²) in [5.41, 5.74) is 4.51. The maximum atomic E-state index is 10.8. The molecule has 0 fully saturated rings. The Labute approximate surface area is 179 Å². The van der Waals surface area contributed by atoms with Crippen molar-refractivity contribution in [3.63, 3.8) is 0 Å². The van der Waals surface area contributed by atoms with E-state index in [9.17, 15) is 10.1 Å². The number of nitro groups is 1. The number of non-ortho nitro benzene ring substituents is 1. The van der Waals surface area contributed by atoms with Crippen LogP contribution in [0, 0.1) is 10.1 Å². The number of nitro benzene ring substituents is 1. The number of ether oxygens (including phenoxy) is 1. The van der Waals surface area contributed by atoms with Crippen molar-refractivity contribution >= 4 is 22.4 Å². The maximum Gasteiger partial charge on any atom is 0.269 e. The van der Waals surface area contributed by atoms with Crippen molar-refractivity contribution in [2.45, 2.75) is 19.6 Å². The average Bonchev–Trinajstić information content (AvgIpc) is 2.82. The third kappa shape index (κ3) is 3.92. The fraction of sp³-hybridized carbons (Fsp3) is 0.160. The van der Waals surface area contributed by atoms with E-state index < -0.39 is 4.92 Å². The molecule has 0 bridgehead atoms. The van der Waals surface area contributed by atoms with E-state index in [2.05, 4.69) is 41.3 Å². The van der Waals surface area contributed by atoms with Crippen LogP contribution in [0.5, 0.6) is 5.75 Å². The van der Waals surface area contributed by atoms with Crippen LogP contribution in [0.2, 0.25) is 0 Å². The van der Waals surface area contributed by atoms with Crippen molar-refractivity contribution in [3.8, 4) is 5.75 Å². The highest BCUT2D eigenvalue weighted by Gasteiger charge is 2.18. The fourth-order valence-electron chi connectivity index (χ4n) is 3.97. The molecule has 1 aliphatic rings. The van der Waals surface area contributed by atoms with Crippen LogP contribution in [0.4, 0.5) is 11.5 Å². The minimum absolute atomic E-state index is 0.0725. The largest absolute Gasteiger partial charge is 0.487 e. The summed E-state index contributed by atoms with van der Waals surface area (Å²) in [6.07, 6.45) is 1.01. The standard InChI is InChI=1S/C25H21N3O3/c29-28(30)22-11-8-18(9-12-22)17-31-23-7-3-6-20-10-13-24(26-25(20)23)27-15-14-19-4-1-2-5-21(19)16-27/h1-13H,14-17H2. The molecule has 154 valence electrons. The van der Waals surface area contributed by atoms with Crippen molar-refractivity contribution in [3.05, 3.63) is 106 Å². The number of rotatable bonds is 5. The average molecular weight is 411 g/mol. The summed E-state index contributed by atoms with van der Waals surface area (Å²) in [5, 5.41) is 11.8. The van der Waals surface area contributed by atoms with Crippen LogP contribution in [0.25, 0.3) is 10.9 Å². The van der Waals surface area contributed by atoms with E-state index >= 15 is 0 Å². The highest BCUT2D eigenvalue weighted by atomic mass is 16.6. The molecule has 1 aliphatic heterocycles. The third-order valence-electron chi connectivity index (χ3n) is 5.66. The molecule has 3 aromatic carbocycles. The second-order valence-electron chi connectivity index (χ2n) is 7.65. The van der Waals surface area contributed by atoms with Gasteiger partial charge in [-0.25, -0.2) is 4.98 Å². The van der Waals surface area contributed by atoms with Gasteiger partial charge in [0.15, 0.2) is 0 Å². The molecule has 0 atom stereocenters. The van der Waals surface area contributed by atoms with Crippen LogP contribution in [0.3, 0.4) is 0 Å². The molecule has 0 saturated heterocycles. The molecule has 0 saturated carbocycles. The van der Waals surface area contributed by atoms with Gasteiger partial charge in [-0.05, 0) is 53.4 Å². The van der Waals surface area contributed by atoms with Crippen molar-refractivity contribution in [2.75, 3.05) is 11.4 Å². The number of fused-ring (bicyclic) bond motifs is 2. The van der Waals surface area contributed by atoms with Gasteiger partial charge in [-0.2, -0.15) is 0 Å². The van der Waals surface area contributed by atoms with E-state index in [1.807, 2.05) is 18.2 Å². The minimum atomic E-state index is -0.403. The van der Waals surface area contributed by atoms with Crippen LogP contribution >= 0.6 is 0 Å². The molecule has 0 spiro atoms. The summed E-state index contributed by atoms with van der Waals surface area (Å²) < 4.78 is 6.05. The lowest BCUT2D eigenvalue weighted by Crippen LogP contribution is -2.30. The van der Waals surface area contributed by atoms with Crippen LogP contribution in [0.1, 0.15) is 16.7 Å². The zero-order valence-corrected chi connectivity index (χ0v) is 16.9. The Morgan fingerprint density at radius 3 is 2.55 bits per heavy atom. The van der Waals surface area contributed by atoms with E-state index in [0.29, 0.717) is 12.4 Å². The molecule has 0 amide bonds. The van der Waals surface area contributed by atoms with Gasteiger partial charge in [0.2, 0.25) is 0 Å². The van der Waals surface area contributed by atoms with Gasteiger partial charge in [-0.1, -0.05) is 36.4 Å². The molecule has 0 aliphatic carbocycles. The Kier molecular flexibility index (Phi) is 4.96. The van der Waals surface area contributed by atoms with Crippen LogP contribution in [-0.2, 0) is 19.6 Å². The minimum Gasteiger partial charge on any atom is -0.487 e. The fourth-order valence-corrected chi connectivity index (χ4v) is 3.97. The molecule has 6 nitrogen and oxygen atoms in total. The second-order valence-corrected chi connectivity index (χ2v) is 7.65. The summed E-state index contributed by atoms with van der Waals surface area (Å²) in [6, 6.07) is 25.0. The van der Waals surface area contributed by atoms with Gasteiger partial charge in [0.25, 0.3) is 5.69 Å². The topological polar surface area (TPSA) is 68.5 Å². The molecule has 31 heavy (non-hydrogen) atoms. The zero-order valence-electron chi connectivity index (χ0n) is 16.9. The first-order valence-electron chi connectivity index (χ1n) is 10.2. The lowest BCUT2D eigenvalue weighted by atomic mass is 10.00. The molecule has 5 rings (SSSR count). The molecule has 6 heteroatoms. The van der Waals surface area contributed by atoms with Crippen molar-refractivity contribution in [1.29, 1.82) is 0 Å². The smallest absolute Gasteiger partial charge is 0.269 e. The van der Waals surface area contributed by atoms with Crippen LogP contribution in [0.15, 0.2) is 78.9 Å². The van der Waals surface area contributed by atoms with E-state index in [1.165, 1.54) is 23.3 Å². The Bertz CT molecular complexity index is 1250. The first-order valence-corrected chi connectivity index (χ1v) is 10.2. The number of para-hydroxylation sites is 1. The summed E-state index contributed by atoms with van der Waals surface area (Å²) in [6.45, 7) is 2.10. The zero-order chi connectivity index (χ0) is 21.2. The summed E-state index contributed by atoms with van der Waals surface area (Å²) in [7, 11) is 0. The van der Waals surface area contributed by atoms with E-state index in [0.717, 1.165) is 41.8 Å². The van der Waals surface area contributed by atoms with Gasteiger partial charge in [0, 0.05) is 30.6 Å². The van der Waals surface area contributed by atoms with E-state index in [4.69, 9.17) is 9.72 Å². The number of anilines is 1. The van der Waals surface area contributed by atoms with Gasteiger partial charge in [-0.15, -0.1) is 0 Å². The quantitative estimate of drug-likeness (QED) is 0.330. The second kappa shape index (κ2) is 8.07. The van der Waals surface area contributed by atoms with Crippen LogP contribution < -0.4 is 9.64 Å². The summed E-state index contributed by atoms with van der Waals surface area (Å²) in [4.78, 5) is 17.7. The van der Waals surface area contributed by atoms with Gasteiger partial charge in [0.1, 0.15) is 23.7 Å². The monoisotopic (exact) mass is 411 g/mol. The Balaban J connectivity index is 1.39. The Hall–Kier alpha value is -3.93. The van der Waals surface area contributed by atoms with Crippen molar-refractivity contribution < 1.29 is 9.66 Å². The molecule has 2 heterocycles. The van der Waals surface area contributed by atoms with Gasteiger partial charge in [0.05, 0.1) is 4.92 Å². The first kappa shape index (κ1) is 19.1. The van der Waals surface area contributed by atoms with Gasteiger partial charge < -0.3 is 9.64 Å². The molecule has 1 aromatic heterocycles. The highest BCUT2D eigenvalue weighted by molar-refractivity contribution is 5.86. The van der Waals surface area contributed by atoms with Gasteiger partial charge in [-0.3, -0.25) is 10.1 Å². The molecule has 0 unspecified atom stereocenters. The number of hydrogen-bond donors (Lipinski definition) is 0. The lowest BCUT2D eigenvalue weighted by Gasteiger charge is -2.30. The summed E-state index contributed by atoms with van der Waals surface area (Å²) in [5.74, 6) is 1.64. The number of nitrogens with zero attached hydrogens (tertiary/aromatic N) is 3. The molecular formula is C25H21N3O3. The Morgan fingerprint density at radius 2 is 1.74 bits per heavy atom. The Morgan fingerprint density at radius 1 is 0.935 bits per heavy atom. The summed E-state index contributed by atoms with van der Waals surface area (Å²) >= 11 is 0. The normalized spacial score (nSPS) is 13.1. The predicted molar refractivity (Wildman–Crippen MR) is 120 cm³/mol. The molecule has 0 radical (unpaired) electrons. The number of aromatic nitrogens is 1. The molecular weight excluding hydrogens is 390 g/mol. The molecule has 4 aromatic rings. The van der Waals surface area contributed by atoms with Gasteiger partial charge >= 0.3 is 0 Å². The lowest BCUT2D eigenvalue weighted by molar-refractivity contribution is -0.384. The highest BCUT2D eigenvalue weighted by Crippen LogP contribution is 2.29. The SMILES string of the molecule is O=[N+]([O-])c1ccc(COc2cccc3ccc(N4CCc5ccccc5C4)nc23)cc1. The van der Waals surface area contributed by atoms with Crippen LogP contribution in [-0.4, -0.2) is 16.5 Å². The van der Waals surface area contributed by atoms with Crippen molar-refractivity contribution in [1.82, 2.24) is 4.98 Å². The van der Waals surface area contributed by atoms with Crippen molar-refractivity contribution in [2.24, 2.45) is 0 Å². The third-order valence-corrected chi connectivity index (χ3v) is 5.66.